The Morgan fingerprint density at radius 2 is 1.81 bits per heavy atom. The number of nitrogens with zero attached hydrogens (tertiary/aromatic N) is 1. The predicted octanol–water partition coefficient (Wildman–Crippen LogP) is 2.27. The molecule has 2 amide bonds. The number of aromatic amines is 1. The van der Waals surface area contributed by atoms with Gasteiger partial charge in [0.1, 0.15) is 0 Å². The Morgan fingerprint density at radius 1 is 1.12 bits per heavy atom. The third-order valence-corrected chi connectivity index (χ3v) is 7.42. The lowest BCUT2D eigenvalue weighted by atomic mass is 9.49. The first-order valence-electron chi connectivity index (χ1n) is 10.2. The lowest BCUT2D eigenvalue weighted by molar-refractivity contribution is -0.135. The van der Waals surface area contributed by atoms with Crippen molar-refractivity contribution in [3.05, 3.63) is 17.5 Å². The van der Waals surface area contributed by atoms with Crippen LogP contribution in [0.1, 0.15) is 62.6 Å². The van der Waals surface area contributed by atoms with Gasteiger partial charge in [-0.3, -0.25) is 25.5 Å². The molecule has 5 aliphatic carbocycles. The highest BCUT2D eigenvalue weighted by Gasteiger charge is 2.51. The fourth-order valence-corrected chi connectivity index (χ4v) is 6.76. The van der Waals surface area contributed by atoms with E-state index in [9.17, 15) is 9.59 Å². The summed E-state index contributed by atoms with van der Waals surface area (Å²) in [5, 5.41) is 7.02. The van der Waals surface area contributed by atoms with E-state index in [0.717, 1.165) is 36.3 Å². The second-order valence-corrected chi connectivity index (χ2v) is 9.45. The van der Waals surface area contributed by atoms with Crippen LogP contribution in [0.15, 0.2) is 6.20 Å². The van der Waals surface area contributed by atoms with E-state index in [0.29, 0.717) is 12.8 Å². The van der Waals surface area contributed by atoms with Crippen LogP contribution < -0.4 is 10.9 Å². The van der Waals surface area contributed by atoms with E-state index in [-0.39, 0.29) is 23.1 Å². The number of carbonyl (C=O) groups is 2. The second-order valence-electron chi connectivity index (χ2n) is 9.45. The molecule has 1 aromatic heterocycles. The maximum atomic E-state index is 12.5. The van der Waals surface area contributed by atoms with Crippen LogP contribution in [0.5, 0.6) is 0 Å². The minimum atomic E-state index is -0.0946. The number of nitrogens with one attached hydrogen (secondary N) is 3. The molecule has 1 aromatic rings. The summed E-state index contributed by atoms with van der Waals surface area (Å²) in [6.07, 6.45) is 12.6. The third-order valence-electron chi connectivity index (χ3n) is 7.42. The molecule has 6 heteroatoms. The Kier molecular flexibility index (Phi) is 3.83. The molecule has 140 valence electrons. The van der Waals surface area contributed by atoms with Gasteiger partial charge in [-0.15, -0.1) is 0 Å². The highest BCUT2D eigenvalue weighted by molar-refractivity contribution is 5.84. The number of fused-ring (bicyclic) bond motifs is 1. The quantitative estimate of drug-likeness (QED) is 0.726. The second kappa shape index (κ2) is 6.10. The zero-order valence-electron chi connectivity index (χ0n) is 15.2. The van der Waals surface area contributed by atoms with Gasteiger partial charge in [0.2, 0.25) is 11.8 Å². The molecule has 0 aliphatic heterocycles. The summed E-state index contributed by atoms with van der Waals surface area (Å²) in [5.41, 5.74) is 7.86. The molecule has 1 atom stereocenters. The van der Waals surface area contributed by atoms with Crippen LogP contribution in [0.25, 0.3) is 0 Å². The number of H-pyrrole nitrogens is 1. The Balaban J connectivity index is 1.14. The lowest BCUT2D eigenvalue weighted by Crippen LogP contribution is -2.51. The molecule has 4 fully saturated rings. The zero-order chi connectivity index (χ0) is 17.7. The van der Waals surface area contributed by atoms with E-state index in [2.05, 4.69) is 21.0 Å². The standard InChI is InChI=1S/C20H28N4O2/c25-18(10-20-7-12-3-13(8-20)5-14(4-12)9-20)23-24-19(26)15-1-2-16-11-21-22-17(16)6-15/h11-15H,1-10H2,(H,21,22)(H,23,25)(H,24,26)/t12?,13?,14?,15-,20?/m0/s1. The number of amides is 2. The molecule has 5 aliphatic rings. The van der Waals surface area contributed by atoms with Crippen LogP contribution in [-0.4, -0.2) is 22.0 Å². The number of aryl methyl sites for hydroxylation is 1. The average Bonchev–Trinajstić information content (AvgIpc) is 3.05. The number of hydrazine groups is 1. The van der Waals surface area contributed by atoms with Gasteiger partial charge < -0.3 is 0 Å². The molecular formula is C20H28N4O2. The largest absolute Gasteiger partial charge is 0.282 e. The van der Waals surface area contributed by atoms with Crippen LogP contribution in [0, 0.1) is 29.1 Å². The average molecular weight is 356 g/mol. The molecule has 0 saturated heterocycles. The smallest absolute Gasteiger partial charge is 0.241 e. The number of hydrogen-bond donors (Lipinski definition) is 3. The number of hydrogen-bond acceptors (Lipinski definition) is 3. The van der Waals surface area contributed by atoms with Crippen molar-refractivity contribution >= 4 is 11.8 Å². The maximum absolute atomic E-state index is 12.5. The number of carbonyl (C=O) groups excluding carboxylic acids is 2. The molecule has 4 bridgehead atoms. The van der Waals surface area contributed by atoms with E-state index in [1.54, 1.807) is 0 Å². The summed E-state index contributed by atoms with van der Waals surface area (Å²) in [5.74, 6) is 2.34. The van der Waals surface area contributed by atoms with Crippen molar-refractivity contribution in [2.45, 2.75) is 64.2 Å². The van der Waals surface area contributed by atoms with Crippen LogP contribution in [0.2, 0.25) is 0 Å². The molecule has 6 nitrogen and oxygen atoms in total. The van der Waals surface area contributed by atoms with Crippen LogP contribution in [0.3, 0.4) is 0 Å². The molecule has 1 heterocycles. The van der Waals surface area contributed by atoms with Crippen molar-refractivity contribution in [1.29, 1.82) is 0 Å². The van der Waals surface area contributed by atoms with Gasteiger partial charge in [0.05, 0.1) is 6.20 Å². The molecular weight excluding hydrogens is 328 g/mol. The highest BCUT2D eigenvalue weighted by Crippen LogP contribution is 2.61. The van der Waals surface area contributed by atoms with Gasteiger partial charge in [-0.25, -0.2) is 0 Å². The van der Waals surface area contributed by atoms with Gasteiger partial charge >= 0.3 is 0 Å². The topological polar surface area (TPSA) is 86.9 Å². The van der Waals surface area contributed by atoms with Gasteiger partial charge in [-0.2, -0.15) is 5.10 Å². The third kappa shape index (κ3) is 2.93. The van der Waals surface area contributed by atoms with Crippen molar-refractivity contribution < 1.29 is 9.59 Å². The fraction of sp³-hybridized carbons (Fsp3) is 0.750. The first-order valence-corrected chi connectivity index (χ1v) is 10.2. The van der Waals surface area contributed by atoms with Crippen LogP contribution in [-0.2, 0) is 22.4 Å². The highest BCUT2D eigenvalue weighted by atomic mass is 16.2. The van der Waals surface area contributed by atoms with Gasteiger partial charge in [0.25, 0.3) is 0 Å². The predicted molar refractivity (Wildman–Crippen MR) is 95.6 cm³/mol. The Bertz CT molecular complexity index is 690. The maximum Gasteiger partial charge on any atom is 0.241 e. The monoisotopic (exact) mass is 356 g/mol. The molecule has 6 rings (SSSR count). The van der Waals surface area contributed by atoms with E-state index >= 15 is 0 Å². The Labute approximate surface area is 153 Å². The molecule has 0 radical (unpaired) electrons. The first kappa shape index (κ1) is 16.3. The molecule has 4 saturated carbocycles. The van der Waals surface area contributed by atoms with E-state index < -0.39 is 0 Å². The Morgan fingerprint density at radius 3 is 2.50 bits per heavy atom. The van der Waals surface area contributed by atoms with Gasteiger partial charge in [-0.1, -0.05) is 0 Å². The first-order chi connectivity index (χ1) is 12.6. The summed E-state index contributed by atoms with van der Waals surface area (Å²) < 4.78 is 0. The summed E-state index contributed by atoms with van der Waals surface area (Å²) in [4.78, 5) is 25.0. The number of aromatic nitrogens is 2. The van der Waals surface area contributed by atoms with Crippen molar-refractivity contribution in [3.63, 3.8) is 0 Å². The summed E-state index contributed by atoms with van der Waals surface area (Å²) in [6.45, 7) is 0. The van der Waals surface area contributed by atoms with Crippen molar-refractivity contribution in [2.24, 2.45) is 29.1 Å². The van der Waals surface area contributed by atoms with Gasteiger partial charge in [-0.05, 0) is 80.1 Å². The molecule has 26 heavy (non-hydrogen) atoms. The van der Waals surface area contributed by atoms with Crippen LogP contribution >= 0.6 is 0 Å². The minimum absolute atomic E-state index is 0.0154. The molecule has 0 aromatic carbocycles. The summed E-state index contributed by atoms with van der Waals surface area (Å²) in [7, 11) is 0. The van der Waals surface area contributed by atoms with Crippen LogP contribution in [0.4, 0.5) is 0 Å². The zero-order valence-corrected chi connectivity index (χ0v) is 15.2. The van der Waals surface area contributed by atoms with Crippen molar-refractivity contribution in [1.82, 2.24) is 21.0 Å². The van der Waals surface area contributed by atoms with E-state index in [1.807, 2.05) is 6.20 Å². The minimum Gasteiger partial charge on any atom is -0.282 e. The van der Waals surface area contributed by atoms with Crippen molar-refractivity contribution in [2.75, 3.05) is 0 Å². The summed E-state index contributed by atoms with van der Waals surface area (Å²) >= 11 is 0. The summed E-state index contributed by atoms with van der Waals surface area (Å²) in [6, 6.07) is 0. The SMILES string of the molecule is O=C(CC12CC3CC(CC(C3)C1)C2)NNC(=O)[C@H]1CCc2cn[nH]c2C1. The molecule has 0 unspecified atom stereocenters. The fourth-order valence-electron chi connectivity index (χ4n) is 6.76. The Hall–Kier alpha value is -1.85. The van der Waals surface area contributed by atoms with Gasteiger partial charge in [0, 0.05) is 24.5 Å². The van der Waals surface area contributed by atoms with E-state index in [4.69, 9.17) is 0 Å². The van der Waals surface area contributed by atoms with E-state index in [1.165, 1.54) is 44.1 Å². The normalized spacial score (nSPS) is 37.2. The van der Waals surface area contributed by atoms with Gasteiger partial charge in [0.15, 0.2) is 0 Å². The van der Waals surface area contributed by atoms with Crippen molar-refractivity contribution in [3.8, 4) is 0 Å². The molecule has 3 N–H and O–H groups in total. The number of rotatable bonds is 3. The molecule has 0 spiro atoms. The lowest BCUT2D eigenvalue weighted by Gasteiger charge is -2.56.